The smallest absolute Gasteiger partial charge is 0.238 e. The number of hydrogen-bond donors (Lipinski definition) is 3. The van der Waals surface area contributed by atoms with Crippen LogP contribution in [0, 0.1) is 5.92 Å². The molecule has 1 aliphatic rings. The van der Waals surface area contributed by atoms with Crippen LogP contribution in [-0.2, 0) is 4.79 Å². The number of carbonyl (C=O) groups is 1. The van der Waals surface area contributed by atoms with Gasteiger partial charge in [-0.1, -0.05) is 0 Å². The molecular formula is C14H20BrN3O2. The van der Waals surface area contributed by atoms with E-state index in [2.05, 4.69) is 26.1 Å². The SMILES string of the molecule is Nc1ccc(NC(=O)CN2CCCC(CO)C2)c(Br)c1. The Bertz CT molecular complexity index is 481. The molecule has 0 bridgehead atoms. The number of rotatable bonds is 4. The Kier molecular flexibility index (Phi) is 5.39. The van der Waals surface area contributed by atoms with Crippen molar-refractivity contribution in [3.05, 3.63) is 22.7 Å². The van der Waals surface area contributed by atoms with Crippen LogP contribution in [0.25, 0.3) is 0 Å². The zero-order valence-electron chi connectivity index (χ0n) is 11.3. The van der Waals surface area contributed by atoms with E-state index in [1.165, 1.54) is 0 Å². The van der Waals surface area contributed by atoms with Crippen molar-refractivity contribution in [2.24, 2.45) is 5.92 Å². The summed E-state index contributed by atoms with van der Waals surface area (Å²) in [7, 11) is 0. The molecule has 0 saturated carbocycles. The van der Waals surface area contributed by atoms with Gasteiger partial charge in [-0.3, -0.25) is 9.69 Å². The fraction of sp³-hybridized carbons (Fsp3) is 0.500. The van der Waals surface area contributed by atoms with E-state index in [1.54, 1.807) is 18.2 Å². The van der Waals surface area contributed by atoms with Gasteiger partial charge >= 0.3 is 0 Å². The number of amides is 1. The van der Waals surface area contributed by atoms with Gasteiger partial charge in [0.1, 0.15) is 0 Å². The highest BCUT2D eigenvalue weighted by atomic mass is 79.9. The predicted octanol–water partition coefficient (Wildman–Crippen LogP) is 1.67. The fourth-order valence-electron chi connectivity index (χ4n) is 2.47. The van der Waals surface area contributed by atoms with Crippen molar-refractivity contribution in [2.75, 3.05) is 37.3 Å². The molecule has 1 heterocycles. The van der Waals surface area contributed by atoms with E-state index in [4.69, 9.17) is 5.73 Å². The minimum absolute atomic E-state index is 0.0472. The molecule has 1 atom stereocenters. The first-order valence-electron chi connectivity index (χ1n) is 6.76. The van der Waals surface area contributed by atoms with Gasteiger partial charge < -0.3 is 16.2 Å². The lowest BCUT2D eigenvalue weighted by Gasteiger charge is -2.31. The van der Waals surface area contributed by atoms with E-state index in [0.717, 1.165) is 36.1 Å². The number of nitrogen functional groups attached to an aromatic ring is 1. The molecule has 0 spiro atoms. The number of halogens is 1. The number of piperidine rings is 1. The Morgan fingerprint density at radius 3 is 3.05 bits per heavy atom. The monoisotopic (exact) mass is 341 g/mol. The molecule has 1 amide bonds. The van der Waals surface area contributed by atoms with E-state index in [-0.39, 0.29) is 12.5 Å². The molecule has 0 aliphatic carbocycles. The van der Waals surface area contributed by atoms with Crippen molar-refractivity contribution in [3.63, 3.8) is 0 Å². The summed E-state index contributed by atoms with van der Waals surface area (Å²) in [5.74, 6) is 0.244. The zero-order chi connectivity index (χ0) is 14.5. The molecule has 4 N–H and O–H groups in total. The molecule has 1 aliphatic heterocycles. The number of anilines is 2. The molecular weight excluding hydrogens is 322 g/mol. The van der Waals surface area contributed by atoms with Crippen molar-refractivity contribution in [1.82, 2.24) is 4.90 Å². The number of benzene rings is 1. The Hall–Kier alpha value is -1.11. The molecule has 1 saturated heterocycles. The molecule has 110 valence electrons. The zero-order valence-corrected chi connectivity index (χ0v) is 12.9. The van der Waals surface area contributed by atoms with Gasteiger partial charge in [0.05, 0.1) is 12.2 Å². The third-order valence-electron chi connectivity index (χ3n) is 3.50. The Balaban J connectivity index is 1.88. The maximum absolute atomic E-state index is 12.0. The summed E-state index contributed by atoms with van der Waals surface area (Å²) in [6.45, 7) is 2.24. The Morgan fingerprint density at radius 1 is 1.55 bits per heavy atom. The van der Waals surface area contributed by atoms with E-state index < -0.39 is 0 Å². The minimum Gasteiger partial charge on any atom is -0.399 e. The van der Waals surface area contributed by atoms with Crippen LogP contribution in [0.4, 0.5) is 11.4 Å². The van der Waals surface area contributed by atoms with Gasteiger partial charge in [-0.2, -0.15) is 0 Å². The van der Waals surface area contributed by atoms with Gasteiger partial charge in [0.2, 0.25) is 5.91 Å². The topological polar surface area (TPSA) is 78.6 Å². The van der Waals surface area contributed by atoms with E-state index >= 15 is 0 Å². The second kappa shape index (κ2) is 7.06. The normalized spacial score (nSPS) is 19.8. The summed E-state index contributed by atoms with van der Waals surface area (Å²) in [5.41, 5.74) is 7.04. The lowest BCUT2D eigenvalue weighted by atomic mass is 9.99. The van der Waals surface area contributed by atoms with Crippen molar-refractivity contribution in [3.8, 4) is 0 Å². The first kappa shape index (κ1) is 15.3. The fourth-order valence-corrected chi connectivity index (χ4v) is 2.97. The molecule has 5 nitrogen and oxygen atoms in total. The number of likely N-dealkylation sites (tertiary alicyclic amines) is 1. The van der Waals surface area contributed by atoms with E-state index in [0.29, 0.717) is 18.2 Å². The lowest BCUT2D eigenvalue weighted by Crippen LogP contribution is -2.41. The number of aliphatic hydroxyl groups excluding tert-OH is 1. The number of carbonyl (C=O) groups excluding carboxylic acids is 1. The largest absolute Gasteiger partial charge is 0.399 e. The van der Waals surface area contributed by atoms with Crippen molar-refractivity contribution >= 4 is 33.2 Å². The van der Waals surface area contributed by atoms with Gasteiger partial charge in [-0.15, -0.1) is 0 Å². The summed E-state index contributed by atoms with van der Waals surface area (Å²) >= 11 is 3.38. The van der Waals surface area contributed by atoms with Crippen LogP contribution in [-0.4, -0.2) is 42.2 Å². The van der Waals surface area contributed by atoms with Gasteiger partial charge in [-0.05, 0) is 59.4 Å². The molecule has 1 aromatic carbocycles. The average Bonchev–Trinajstić information content (AvgIpc) is 2.42. The quantitative estimate of drug-likeness (QED) is 0.728. The molecule has 1 fully saturated rings. The summed E-state index contributed by atoms with van der Waals surface area (Å²) in [6.07, 6.45) is 2.07. The maximum atomic E-state index is 12.0. The summed E-state index contributed by atoms with van der Waals surface area (Å²) < 4.78 is 0.776. The molecule has 1 aromatic rings. The van der Waals surface area contributed by atoms with Crippen LogP contribution in [0.5, 0.6) is 0 Å². The summed E-state index contributed by atoms with van der Waals surface area (Å²) in [5, 5.41) is 12.1. The van der Waals surface area contributed by atoms with Crippen LogP contribution in [0.1, 0.15) is 12.8 Å². The van der Waals surface area contributed by atoms with Gasteiger partial charge in [0.15, 0.2) is 0 Å². The number of nitrogens with one attached hydrogen (secondary N) is 1. The number of nitrogens with zero attached hydrogens (tertiary/aromatic N) is 1. The summed E-state index contributed by atoms with van der Waals surface area (Å²) in [6, 6.07) is 5.30. The molecule has 0 aromatic heterocycles. The van der Waals surface area contributed by atoms with Crippen LogP contribution in [0.2, 0.25) is 0 Å². The van der Waals surface area contributed by atoms with Crippen LogP contribution in [0.15, 0.2) is 22.7 Å². The predicted molar refractivity (Wildman–Crippen MR) is 83.4 cm³/mol. The van der Waals surface area contributed by atoms with Gasteiger partial charge in [0, 0.05) is 23.3 Å². The Labute approximate surface area is 127 Å². The van der Waals surface area contributed by atoms with E-state index in [1.807, 2.05) is 0 Å². The van der Waals surface area contributed by atoms with Crippen molar-refractivity contribution in [1.29, 1.82) is 0 Å². The first-order valence-corrected chi connectivity index (χ1v) is 7.56. The molecule has 2 rings (SSSR count). The van der Waals surface area contributed by atoms with Gasteiger partial charge in [0.25, 0.3) is 0 Å². The molecule has 6 heteroatoms. The van der Waals surface area contributed by atoms with Crippen LogP contribution >= 0.6 is 15.9 Å². The lowest BCUT2D eigenvalue weighted by molar-refractivity contribution is -0.117. The molecule has 20 heavy (non-hydrogen) atoms. The Morgan fingerprint density at radius 2 is 2.35 bits per heavy atom. The number of hydrogen-bond acceptors (Lipinski definition) is 4. The third-order valence-corrected chi connectivity index (χ3v) is 4.15. The second-order valence-electron chi connectivity index (χ2n) is 5.21. The highest BCUT2D eigenvalue weighted by Gasteiger charge is 2.21. The highest BCUT2D eigenvalue weighted by Crippen LogP contribution is 2.24. The molecule has 0 radical (unpaired) electrons. The minimum atomic E-state index is -0.0472. The standard InChI is InChI=1S/C14H20BrN3O2/c15-12-6-11(16)3-4-13(12)17-14(20)8-18-5-1-2-10(7-18)9-19/h3-4,6,10,19H,1-2,5,7-9,16H2,(H,17,20). The second-order valence-corrected chi connectivity index (χ2v) is 6.07. The average molecular weight is 342 g/mol. The molecule has 1 unspecified atom stereocenters. The number of nitrogens with two attached hydrogens (primary N) is 1. The van der Waals surface area contributed by atoms with Crippen molar-refractivity contribution < 1.29 is 9.90 Å². The first-order chi connectivity index (χ1) is 9.58. The summed E-state index contributed by atoms with van der Waals surface area (Å²) in [4.78, 5) is 14.1. The van der Waals surface area contributed by atoms with Gasteiger partial charge in [-0.25, -0.2) is 0 Å². The highest BCUT2D eigenvalue weighted by molar-refractivity contribution is 9.10. The van der Waals surface area contributed by atoms with Crippen molar-refractivity contribution in [2.45, 2.75) is 12.8 Å². The number of aliphatic hydroxyl groups is 1. The maximum Gasteiger partial charge on any atom is 0.238 e. The third kappa shape index (κ3) is 4.19. The van der Waals surface area contributed by atoms with E-state index in [9.17, 15) is 9.90 Å². The van der Waals surface area contributed by atoms with Crippen LogP contribution in [0.3, 0.4) is 0 Å². The van der Waals surface area contributed by atoms with Crippen LogP contribution < -0.4 is 11.1 Å².